The molecule has 110 valence electrons. The fraction of sp³-hybridized carbons (Fsp3) is 0.938. The number of ether oxygens (including phenoxy) is 1. The van der Waals surface area contributed by atoms with Gasteiger partial charge in [-0.3, -0.25) is 4.79 Å². The second kappa shape index (κ2) is 6.25. The van der Waals surface area contributed by atoms with Gasteiger partial charge in [-0.15, -0.1) is 0 Å². The highest BCUT2D eigenvalue weighted by molar-refractivity contribution is 5.77. The van der Waals surface area contributed by atoms with Crippen molar-refractivity contribution >= 4 is 5.97 Å². The standard InChI is InChI=1S/C16H29NO2/c1-3-12-5-4-6-14(9-12)16(11-17,15(18)19-2)10-13-7-8-13/h12-14H,3-11,17H2,1-2H3. The van der Waals surface area contributed by atoms with Gasteiger partial charge in [-0.2, -0.15) is 0 Å². The number of hydrogen-bond acceptors (Lipinski definition) is 3. The maximum absolute atomic E-state index is 12.4. The molecule has 0 aliphatic heterocycles. The predicted octanol–water partition coefficient (Wildman–Crippen LogP) is 3.12. The molecule has 0 saturated heterocycles. The van der Waals surface area contributed by atoms with Gasteiger partial charge >= 0.3 is 5.97 Å². The van der Waals surface area contributed by atoms with Gasteiger partial charge in [0.1, 0.15) is 0 Å². The van der Waals surface area contributed by atoms with E-state index in [1.807, 2.05) is 0 Å². The van der Waals surface area contributed by atoms with Crippen molar-refractivity contribution in [1.82, 2.24) is 0 Å². The second-order valence-electron chi connectivity index (χ2n) is 6.64. The van der Waals surface area contributed by atoms with Crippen LogP contribution in [0.5, 0.6) is 0 Å². The minimum atomic E-state index is -0.399. The number of methoxy groups -OCH3 is 1. The Balaban J connectivity index is 2.16. The van der Waals surface area contributed by atoms with Crippen molar-refractivity contribution in [2.24, 2.45) is 28.9 Å². The van der Waals surface area contributed by atoms with Crippen LogP contribution in [-0.2, 0) is 9.53 Å². The van der Waals surface area contributed by atoms with Crippen molar-refractivity contribution in [3.63, 3.8) is 0 Å². The Bertz CT molecular complexity index is 314. The smallest absolute Gasteiger partial charge is 0.313 e. The van der Waals surface area contributed by atoms with E-state index in [9.17, 15) is 4.79 Å². The molecule has 3 heteroatoms. The van der Waals surface area contributed by atoms with E-state index in [0.29, 0.717) is 18.4 Å². The SMILES string of the molecule is CCC1CCCC(C(CN)(CC2CC2)C(=O)OC)C1. The molecule has 0 radical (unpaired) electrons. The van der Waals surface area contributed by atoms with Crippen molar-refractivity contribution in [3.05, 3.63) is 0 Å². The van der Waals surface area contributed by atoms with Crippen molar-refractivity contribution in [3.8, 4) is 0 Å². The summed E-state index contributed by atoms with van der Waals surface area (Å²) in [7, 11) is 1.51. The molecular weight excluding hydrogens is 238 g/mol. The van der Waals surface area contributed by atoms with Gasteiger partial charge in [-0.25, -0.2) is 0 Å². The molecule has 2 aliphatic rings. The fourth-order valence-corrected chi connectivity index (χ4v) is 3.95. The minimum absolute atomic E-state index is 0.0522. The van der Waals surface area contributed by atoms with E-state index >= 15 is 0 Å². The zero-order valence-corrected chi connectivity index (χ0v) is 12.5. The first-order chi connectivity index (χ1) is 9.16. The maximum atomic E-state index is 12.4. The van der Waals surface area contributed by atoms with Gasteiger partial charge in [0, 0.05) is 6.54 Å². The molecule has 3 nitrogen and oxygen atoms in total. The molecule has 2 saturated carbocycles. The van der Waals surface area contributed by atoms with Gasteiger partial charge in [0.15, 0.2) is 0 Å². The fourth-order valence-electron chi connectivity index (χ4n) is 3.95. The lowest BCUT2D eigenvalue weighted by Gasteiger charge is -2.42. The van der Waals surface area contributed by atoms with Gasteiger partial charge in [-0.1, -0.05) is 39.0 Å². The Labute approximate surface area is 117 Å². The zero-order chi connectivity index (χ0) is 13.9. The lowest BCUT2D eigenvalue weighted by Crippen LogP contribution is -2.47. The average molecular weight is 267 g/mol. The van der Waals surface area contributed by atoms with Gasteiger partial charge in [0.2, 0.25) is 0 Å². The highest BCUT2D eigenvalue weighted by Crippen LogP contribution is 2.49. The van der Waals surface area contributed by atoms with Crippen LogP contribution in [0.15, 0.2) is 0 Å². The number of nitrogens with two attached hydrogens (primary N) is 1. The van der Waals surface area contributed by atoms with Crippen LogP contribution in [0.25, 0.3) is 0 Å². The molecule has 0 amide bonds. The monoisotopic (exact) mass is 267 g/mol. The van der Waals surface area contributed by atoms with Gasteiger partial charge < -0.3 is 10.5 Å². The first-order valence-electron chi connectivity index (χ1n) is 7.94. The van der Waals surface area contributed by atoms with E-state index in [2.05, 4.69) is 6.92 Å². The maximum Gasteiger partial charge on any atom is 0.313 e. The molecule has 0 bridgehead atoms. The summed E-state index contributed by atoms with van der Waals surface area (Å²) in [5.41, 5.74) is 5.68. The molecule has 0 spiro atoms. The second-order valence-corrected chi connectivity index (χ2v) is 6.64. The van der Waals surface area contributed by atoms with E-state index in [0.717, 1.165) is 25.2 Å². The van der Waals surface area contributed by atoms with Crippen LogP contribution < -0.4 is 5.73 Å². The number of esters is 1. The lowest BCUT2D eigenvalue weighted by atomic mass is 9.63. The summed E-state index contributed by atoms with van der Waals surface area (Å²) in [6.07, 6.45) is 9.58. The molecule has 3 unspecified atom stereocenters. The summed E-state index contributed by atoms with van der Waals surface area (Å²) in [5.74, 6) is 1.87. The topological polar surface area (TPSA) is 52.3 Å². The van der Waals surface area contributed by atoms with E-state index in [-0.39, 0.29) is 5.97 Å². The van der Waals surface area contributed by atoms with Crippen LogP contribution in [-0.4, -0.2) is 19.6 Å². The Morgan fingerprint density at radius 1 is 1.26 bits per heavy atom. The number of carbonyl (C=O) groups excluding carboxylic acids is 1. The first kappa shape index (κ1) is 14.8. The summed E-state index contributed by atoms with van der Waals surface area (Å²) in [6.45, 7) is 2.72. The average Bonchev–Trinajstić information content (AvgIpc) is 3.28. The number of hydrogen-bond donors (Lipinski definition) is 1. The molecule has 0 aromatic carbocycles. The summed E-state index contributed by atoms with van der Waals surface area (Å²) >= 11 is 0. The highest BCUT2D eigenvalue weighted by Gasteiger charge is 2.49. The first-order valence-corrected chi connectivity index (χ1v) is 7.94. The van der Waals surface area contributed by atoms with Crippen LogP contribution in [0.2, 0.25) is 0 Å². The third-order valence-corrected chi connectivity index (χ3v) is 5.45. The van der Waals surface area contributed by atoms with Crippen LogP contribution in [0.4, 0.5) is 0 Å². The largest absolute Gasteiger partial charge is 0.469 e. The summed E-state index contributed by atoms with van der Waals surface area (Å²) in [6, 6.07) is 0. The van der Waals surface area contributed by atoms with Crippen LogP contribution >= 0.6 is 0 Å². The molecule has 2 N–H and O–H groups in total. The Morgan fingerprint density at radius 3 is 2.53 bits per heavy atom. The van der Waals surface area contributed by atoms with Gasteiger partial charge in [0.05, 0.1) is 12.5 Å². The molecular formula is C16H29NO2. The van der Waals surface area contributed by atoms with E-state index in [4.69, 9.17) is 10.5 Å². The Hall–Kier alpha value is -0.570. The van der Waals surface area contributed by atoms with E-state index < -0.39 is 5.41 Å². The van der Waals surface area contributed by atoms with Crippen molar-refractivity contribution in [2.45, 2.75) is 58.3 Å². The molecule has 2 rings (SSSR count). The summed E-state index contributed by atoms with van der Waals surface area (Å²) in [4.78, 5) is 12.4. The molecule has 2 fully saturated rings. The van der Waals surface area contributed by atoms with Gasteiger partial charge in [0.25, 0.3) is 0 Å². The van der Waals surface area contributed by atoms with Crippen molar-refractivity contribution in [1.29, 1.82) is 0 Å². The molecule has 3 atom stereocenters. The normalized spacial score (nSPS) is 30.7. The third kappa shape index (κ3) is 3.13. The van der Waals surface area contributed by atoms with Crippen molar-refractivity contribution in [2.75, 3.05) is 13.7 Å². The van der Waals surface area contributed by atoms with E-state index in [1.165, 1.54) is 39.2 Å². The molecule has 0 aromatic heterocycles. The quantitative estimate of drug-likeness (QED) is 0.752. The Morgan fingerprint density at radius 2 is 2.00 bits per heavy atom. The Kier molecular flexibility index (Phi) is 4.88. The molecule has 0 aromatic rings. The predicted molar refractivity (Wildman–Crippen MR) is 76.6 cm³/mol. The van der Waals surface area contributed by atoms with Crippen LogP contribution in [0.3, 0.4) is 0 Å². The number of carbonyl (C=O) groups is 1. The molecule has 2 aliphatic carbocycles. The lowest BCUT2D eigenvalue weighted by molar-refractivity contribution is -0.158. The van der Waals surface area contributed by atoms with Crippen LogP contribution in [0.1, 0.15) is 58.3 Å². The summed E-state index contributed by atoms with van der Waals surface area (Å²) < 4.78 is 5.14. The minimum Gasteiger partial charge on any atom is -0.469 e. The zero-order valence-electron chi connectivity index (χ0n) is 12.5. The molecule has 0 heterocycles. The van der Waals surface area contributed by atoms with Crippen molar-refractivity contribution < 1.29 is 9.53 Å². The number of rotatable bonds is 6. The summed E-state index contributed by atoms with van der Waals surface area (Å²) in [5, 5.41) is 0. The molecule has 19 heavy (non-hydrogen) atoms. The van der Waals surface area contributed by atoms with E-state index in [1.54, 1.807) is 0 Å². The third-order valence-electron chi connectivity index (χ3n) is 5.45. The van der Waals surface area contributed by atoms with Gasteiger partial charge in [-0.05, 0) is 37.0 Å². The highest BCUT2D eigenvalue weighted by atomic mass is 16.5. The van der Waals surface area contributed by atoms with Crippen LogP contribution in [0, 0.1) is 23.2 Å².